The smallest absolute Gasteiger partial charge is 0.108 e. The molecule has 0 saturated heterocycles. The molecule has 0 aliphatic carbocycles. The summed E-state index contributed by atoms with van der Waals surface area (Å²) in [4.78, 5) is 0. The summed E-state index contributed by atoms with van der Waals surface area (Å²) < 4.78 is 6.18. The Balaban J connectivity index is 2.19. The van der Waals surface area contributed by atoms with Gasteiger partial charge in [0.2, 0.25) is 0 Å². The summed E-state index contributed by atoms with van der Waals surface area (Å²) in [7, 11) is -1.52. The SMILES string of the molecule is C[Si](C)(C)c1ccccc1C(OCCO)c1cccc2ccccc12. The summed E-state index contributed by atoms with van der Waals surface area (Å²) in [6.45, 7) is 7.43. The van der Waals surface area contributed by atoms with Crippen molar-refractivity contribution in [2.75, 3.05) is 13.2 Å². The largest absolute Gasteiger partial charge is 0.394 e. The number of hydrogen-bond acceptors (Lipinski definition) is 2. The second-order valence-electron chi connectivity index (χ2n) is 7.38. The lowest BCUT2D eigenvalue weighted by molar-refractivity contribution is 0.0513. The summed E-state index contributed by atoms with van der Waals surface area (Å²) in [6.07, 6.45) is -0.166. The van der Waals surface area contributed by atoms with Gasteiger partial charge in [0.1, 0.15) is 6.10 Å². The van der Waals surface area contributed by atoms with E-state index < -0.39 is 8.07 Å². The molecule has 2 nitrogen and oxygen atoms in total. The first-order chi connectivity index (χ1) is 12.0. The van der Waals surface area contributed by atoms with Crippen LogP contribution in [0.2, 0.25) is 19.6 Å². The van der Waals surface area contributed by atoms with E-state index in [2.05, 4.69) is 86.4 Å². The average Bonchev–Trinajstić information content (AvgIpc) is 2.62. The molecule has 1 unspecified atom stereocenters. The van der Waals surface area contributed by atoms with Gasteiger partial charge in [0.25, 0.3) is 0 Å². The number of benzene rings is 3. The fourth-order valence-corrected chi connectivity index (χ4v) is 5.08. The highest BCUT2D eigenvalue weighted by Crippen LogP contribution is 2.32. The van der Waals surface area contributed by atoms with Gasteiger partial charge in [-0.1, -0.05) is 91.6 Å². The quantitative estimate of drug-likeness (QED) is 0.664. The van der Waals surface area contributed by atoms with Crippen molar-refractivity contribution < 1.29 is 9.84 Å². The molecule has 1 N–H and O–H groups in total. The molecule has 25 heavy (non-hydrogen) atoms. The Morgan fingerprint density at radius 2 is 1.48 bits per heavy atom. The molecule has 0 aliphatic heterocycles. The van der Waals surface area contributed by atoms with Crippen LogP contribution in [0.1, 0.15) is 17.2 Å². The van der Waals surface area contributed by atoms with E-state index in [0.29, 0.717) is 6.61 Å². The lowest BCUT2D eigenvalue weighted by Crippen LogP contribution is -2.41. The predicted molar refractivity (Wildman–Crippen MR) is 108 cm³/mol. The van der Waals surface area contributed by atoms with Crippen LogP contribution < -0.4 is 5.19 Å². The van der Waals surface area contributed by atoms with Crippen molar-refractivity contribution in [3.05, 3.63) is 77.9 Å². The van der Waals surface area contributed by atoms with Gasteiger partial charge in [0.05, 0.1) is 21.3 Å². The zero-order valence-corrected chi connectivity index (χ0v) is 16.2. The molecule has 3 heteroatoms. The molecule has 0 fully saturated rings. The van der Waals surface area contributed by atoms with Gasteiger partial charge in [-0.15, -0.1) is 0 Å². The van der Waals surface area contributed by atoms with Crippen LogP contribution in [0, 0.1) is 0 Å². The highest BCUT2D eigenvalue weighted by atomic mass is 28.3. The van der Waals surface area contributed by atoms with Crippen molar-refractivity contribution in [3.63, 3.8) is 0 Å². The van der Waals surface area contributed by atoms with Gasteiger partial charge in [-0.25, -0.2) is 0 Å². The molecule has 3 aromatic carbocycles. The van der Waals surface area contributed by atoms with Crippen molar-refractivity contribution in [1.29, 1.82) is 0 Å². The van der Waals surface area contributed by atoms with Crippen LogP contribution in [0.4, 0.5) is 0 Å². The standard InChI is InChI=1S/C22H26O2Si/c1-25(2,3)21-14-7-6-12-20(21)22(24-16-15-23)19-13-8-10-17-9-4-5-11-18(17)19/h4-14,22-23H,15-16H2,1-3H3. The van der Waals surface area contributed by atoms with E-state index in [4.69, 9.17) is 4.74 Å². The summed E-state index contributed by atoms with van der Waals surface area (Å²) in [6, 6.07) is 23.4. The number of aliphatic hydroxyl groups is 1. The normalized spacial score (nSPS) is 13.1. The predicted octanol–water partition coefficient (Wildman–Crippen LogP) is 4.48. The molecule has 1 atom stereocenters. The maximum Gasteiger partial charge on any atom is 0.108 e. The van der Waals surface area contributed by atoms with Crippen LogP contribution in [0.15, 0.2) is 66.7 Å². The zero-order valence-electron chi connectivity index (χ0n) is 15.2. The lowest BCUT2D eigenvalue weighted by atomic mass is 9.95. The van der Waals surface area contributed by atoms with Crippen LogP contribution >= 0.6 is 0 Å². The average molecular weight is 351 g/mol. The van der Waals surface area contributed by atoms with Crippen molar-refractivity contribution >= 4 is 24.0 Å². The maximum absolute atomic E-state index is 9.34. The molecule has 0 spiro atoms. The van der Waals surface area contributed by atoms with Crippen molar-refractivity contribution in [2.45, 2.75) is 25.7 Å². The summed E-state index contributed by atoms with van der Waals surface area (Å²) in [5.74, 6) is 0. The van der Waals surface area contributed by atoms with Gasteiger partial charge < -0.3 is 9.84 Å². The lowest BCUT2D eigenvalue weighted by Gasteiger charge is -2.27. The van der Waals surface area contributed by atoms with E-state index in [-0.39, 0.29) is 12.7 Å². The molecular weight excluding hydrogens is 324 g/mol. The van der Waals surface area contributed by atoms with Gasteiger partial charge in [-0.05, 0) is 21.9 Å². The zero-order chi connectivity index (χ0) is 17.9. The third-order valence-corrected chi connectivity index (χ3v) is 6.60. The van der Waals surface area contributed by atoms with Crippen LogP contribution in [0.3, 0.4) is 0 Å². The van der Waals surface area contributed by atoms with E-state index in [9.17, 15) is 5.11 Å². The van der Waals surface area contributed by atoms with Crippen LogP contribution in [-0.2, 0) is 4.74 Å². The van der Waals surface area contributed by atoms with Crippen LogP contribution in [0.25, 0.3) is 10.8 Å². The Kier molecular flexibility index (Phi) is 5.38. The fourth-order valence-electron chi connectivity index (χ4n) is 3.41. The van der Waals surface area contributed by atoms with Gasteiger partial charge in [0, 0.05) is 0 Å². The maximum atomic E-state index is 9.34. The third kappa shape index (κ3) is 3.84. The highest BCUT2D eigenvalue weighted by Gasteiger charge is 2.26. The van der Waals surface area contributed by atoms with Gasteiger partial charge >= 0.3 is 0 Å². The first-order valence-corrected chi connectivity index (χ1v) is 12.3. The Bertz CT molecular complexity index is 847. The minimum absolute atomic E-state index is 0.0242. The summed E-state index contributed by atoms with van der Waals surface area (Å²) in [5.41, 5.74) is 2.39. The van der Waals surface area contributed by atoms with Crippen molar-refractivity contribution in [2.24, 2.45) is 0 Å². The number of hydrogen-bond donors (Lipinski definition) is 1. The molecule has 3 aromatic rings. The molecule has 0 aliphatic rings. The fraction of sp³-hybridized carbons (Fsp3) is 0.273. The van der Waals surface area contributed by atoms with Crippen LogP contribution in [0.5, 0.6) is 0 Å². The molecule has 130 valence electrons. The number of aliphatic hydroxyl groups excluding tert-OH is 1. The van der Waals surface area contributed by atoms with Crippen LogP contribution in [-0.4, -0.2) is 26.4 Å². The van der Waals surface area contributed by atoms with E-state index in [1.807, 2.05) is 0 Å². The van der Waals surface area contributed by atoms with Crippen molar-refractivity contribution in [3.8, 4) is 0 Å². The second kappa shape index (κ2) is 7.52. The van der Waals surface area contributed by atoms with Gasteiger partial charge in [-0.2, -0.15) is 0 Å². The number of rotatable bonds is 6. The molecule has 0 aromatic heterocycles. The number of fused-ring (bicyclic) bond motifs is 1. The molecular formula is C22H26O2Si. The number of ether oxygens (including phenoxy) is 1. The molecule has 3 rings (SSSR count). The highest BCUT2D eigenvalue weighted by molar-refractivity contribution is 6.89. The first kappa shape index (κ1) is 17.9. The Morgan fingerprint density at radius 1 is 0.840 bits per heavy atom. The van der Waals surface area contributed by atoms with Gasteiger partial charge in [0.15, 0.2) is 0 Å². The minimum Gasteiger partial charge on any atom is -0.394 e. The second-order valence-corrected chi connectivity index (χ2v) is 12.4. The van der Waals surface area contributed by atoms with E-state index in [1.165, 1.54) is 21.5 Å². The molecule has 0 bridgehead atoms. The van der Waals surface area contributed by atoms with Crippen molar-refractivity contribution in [1.82, 2.24) is 0 Å². The molecule has 0 amide bonds. The first-order valence-electron chi connectivity index (χ1n) is 8.82. The monoisotopic (exact) mass is 350 g/mol. The molecule has 0 heterocycles. The third-order valence-electron chi connectivity index (χ3n) is 4.53. The molecule has 0 saturated carbocycles. The summed E-state index contributed by atoms with van der Waals surface area (Å²) in [5, 5.41) is 13.2. The van der Waals surface area contributed by atoms with E-state index in [0.717, 1.165) is 5.56 Å². The Morgan fingerprint density at radius 3 is 2.24 bits per heavy atom. The van der Waals surface area contributed by atoms with E-state index in [1.54, 1.807) is 0 Å². The minimum atomic E-state index is -1.52. The Labute approximate surface area is 151 Å². The van der Waals surface area contributed by atoms with E-state index >= 15 is 0 Å². The van der Waals surface area contributed by atoms with Gasteiger partial charge in [-0.3, -0.25) is 0 Å². The Hall–Kier alpha value is -1.94. The summed E-state index contributed by atoms with van der Waals surface area (Å²) >= 11 is 0. The molecule has 0 radical (unpaired) electrons. The topological polar surface area (TPSA) is 29.5 Å².